The lowest BCUT2D eigenvalue weighted by molar-refractivity contribution is -0.121. The summed E-state index contributed by atoms with van der Waals surface area (Å²) < 4.78 is 31.1. The van der Waals surface area contributed by atoms with Crippen LogP contribution in [0.4, 0.5) is 0 Å². The summed E-state index contributed by atoms with van der Waals surface area (Å²) in [6, 6.07) is 11.8. The second-order valence-corrected chi connectivity index (χ2v) is 8.40. The number of hydrogen-bond acceptors (Lipinski definition) is 5. The third-order valence-electron chi connectivity index (χ3n) is 3.99. The Balaban J connectivity index is 1.98. The van der Waals surface area contributed by atoms with E-state index in [1.165, 1.54) is 44.1 Å². The first-order chi connectivity index (χ1) is 13.3. The van der Waals surface area contributed by atoms with E-state index in [0.717, 1.165) is 16.3 Å². The summed E-state index contributed by atoms with van der Waals surface area (Å²) in [7, 11) is -1.14. The van der Waals surface area contributed by atoms with Gasteiger partial charge in [-0.2, -0.15) is 9.41 Å². The summed E-state index contributed by atoms with van der Waals surface area (Å²) in [6.45, 7) is 1.67. The van der Waals surface area contributed by atoms with E-state index in [9.17, 15) is 13.2 Å². The highest BCUT2D eigenvalue weighted by atomic mass is 35.5. The van der Waals surface area contributed by atoms with Gasteiger partial charge in [0.2, 0.25) is 10.0 Å². The van der Waals surface area contributed by atoms with Gasteiger partial charge in [0.25, 0.3) is 5.91 Å². The fraction of sp³-hybridized carbons (Fsp3) is 0.263. The first-order valence-corrected chi connectivity index (χ1v) is 10.3. The number of nitrogens with one attached hydrogen (secondary N) is 1. The summed E-state index contributed by atoms with van der Waals surface area (Å²) in [6.07, 6.45) is 2.43. The molecule has 0 saturated carbocycles. The minimum atomic E-state index is -3.89. The lowest BCUT2D eigenvalue weighted by atomic mass is 10.1. The normalized spacial score (nSPS) is 11.8. The quantitative estimate of drug-likeness (QED) is 0.522. The number of amides is 1. The molecule has 2 aromatic carbocycles. The number of rotatable bonds is 8. The van der Waals surface area contributed by atoms with Crippen molar-refractivity contribution in [3.8, 4) is 5.75 Å². The van der Waals surface area contributed by atoms with Crippen LogP contribution in [0.15, 0.2) is 52.5 Å². The maximum Gasteiger partial charge on any atom is 0.255 e. The number of methoxy groups -OCH3 is 1. The van der Waals surface area contributed by atoms with Gasteiger partial charge in [0.15, 0.2) is 0 Å². The maximum absolute atomic E-state index is 12.6. The van der Waals surface area contributed by atoms with E-state index in [-0.39, 0.29) is 9.92 Å². The maximum atomic E-state index is 12.6. The molecule has 0 radical (unpaired) electrons. The zero-order valence-electron chi connectivity index (χ0n) is 15.8. The van der Waals surface area contributed by atoms with Gasteiger partial charge in [-0.15, -0.1) is 0 Å². The van der Waals surface area contributed by atoms with Gasteiger partial charge in [0, 0.05) is 7.05 Å². The van der Waals surface area contributed by atoms with Crippen molar-refractivity contribution in [2.45, 2.75) is 18.2 Å². The van der Waals surface area contributed by atoms with Crippen molar-refractivity contribution < 1.29 is 17.9 Å². The van der Waals surface area contributed by atoms with Crippen LogP contribution < -0.4 is 10.2 Å². The number of benzene rings is 2. The fourth-order valence-electron chi connectivity index (χ4n) is 2.33. The Morgan fingerprint density at radius 1 is 1.25 bits per heavy atom. The Bertz CT molecular complexity index is 960. The van der Waals surface area contributed by atoms with Gasteiger partial charge < -0.3 is 4.74 Å². The molecule has 0 atom stereocenters. The number of sulfonamides is 1. The SMILES string of the molecule is CCc1ccc(/C=N/NC(=O)CN(C)S(=O)(=O)c2ccc(OC)c(Cl)c2)cc1. The summed E-state index contributed by atoms with van der Waals surface area (Å²) >= 11 is 5.99. The first-order valence-electron chi connectivity index (χ1n) is 8.48. The number of carbonyl (C=O) groups excluding carboxylic acids is 1. The van der Waals surface area contributed by atoms with Crippen LogP contribution in [0, 0.1) is 0 Å². The average Bonchev–Trinajstić information content (AvgIpc) is 2.68. The highest BCUT2D eigenvalue weighted by Crippen LogP contribution is 2.27. The predicted octanol–water partition coefficient (Wildman–Crippen LogP) is 2.68. The van der Waals surface area contributed by atoms with Crippen molar-refractivity contribution >= 4 is 33.7 Å². The predicted molar refractivity (Wildman–Crippen MR) is 109 cm³/mol. The van der Waals surface area contributed by atoms with E-state index in [1.807, 2.05) is 24.3 Å². The van der Waals surface area contributed by atoms with Gasteiger partial charge in [-0.05, 0) is 35.7 Å². The Kier molecular flexibility index (Phi) is 7.56. The van der Waals surface area contributed by atoms with E-state index < -0.39 is 22.5 Å². The lowest BCUT2D eigenvalue weighted by Gasteiger charge is -2.16. The van der Waals surface area contributed by atoms with Crippen LogP contribution in [0.25, 0.3) is 0 Å². The van der Waals surface area contributed by atoms with Gasteiger partial charge in [0.1, 0.15) is 5.75 Å². The summed E-state index contributed by atoms with van der Waals surface area (Å²) in [5.41, 5.74) is 4.35. The molecule has 150 valence electrons. The largest absolute Gasteiger partial charge is 0.495 e. The Morgan fingerprint density at radius 2 is 1.93 bits per heavy atom. The molecule has 0 aromatic heterocycles. The number of aryl methyl sites for hydroxylation is 1. The van der Waals surface area contributed by atoms with Crippen molar-refractivity contribution in [2.24, 2.45) is 5.10 Å². The molecule has 0 aliphatic heterocycles. The van der Waals surface area contributed by atoms with Crippen molar-refractivity contribution in [3.05, 3.63) is 58.6 Å². The number of ether oxygens (including phenoxy) is 1. The molecule has 0 aliphatic rings. The Morgan fingerprint density at radius 3 is 2.50 bits per heavy atom. The third kappa shape index (κ3) is 5.54. The molecule has 0 spiro atoms. The minimum absolute atomic E-state index is 0.0342. The van der Waals surface area contributed by atoms with Gasteiger partial charge in [-0.1, -0.05) is 42.8 Å². The molecule has 1 amide bonds. The van der Waals surface area contributed by atoms with E-state index in [2.05, 4.69) is 17.5 Å². The second kappa shape index (κ2) is 9.68. The van der Waals surface area contributed by atoms with E-state index in [0.29, 0.717) is 5.75 Å². The number of halogens is 1. The van der Waals surface area contributed by atoms with E-state index >= 15 is 0 Å². The molecule has 7 nitrogen and oxygen atoms in total. The van der Waals surface area contributed by atoms with Crippen LogP contribution in [0.3, 0.4) is 0 Å². The van der Waals surface area contributed by atoms with Crippen LogP contribution in [-0.2, 0) is 21.2 Å². The summed E-state index contributed by atoms with van der Waals surface area (Å²) in [5, 5.41) is 4.02. The van der Waals surface area contributed by atoms with Crippen molar-refractivity contribution in [1.82, 2.24) is 9.73 Å². The molecule has 0 heterocycles. The molecule has 0 fully saturated rings. The molecular formula is C19H22ClN3O4S. The minimum Gasteiger partial charge on any atom is -0.495 e. The van der Waals surface area contributed by atoms with Crippen molar-refractivity contribution in [3.63, 3.8) is 0 Å². The molecule has 9 heteroatoms. The molecule has 2 aromatic rings. The zero-order valence-corrected chi connectivity index (χ0v) is 17.4. The topological polar surface area (TPSA) is 88.1 Å². The summed E-state index contributed by atoms with van der Waals surface area (Å²) in [4.78, 5) is 12.0. The average molecular weight is 424 g/mol. The highest BCUT2D eigenvalue weighted by Gasteiger charge is 2.23. The van der Waals surface area contributed by atoms with Crippen LogP contribution in [0.2, 0.25) is 5.02 Å². The number of carbonyl (C=O) groups is 1. The Labute approximate surface area is 170 Å². The standard InChI is InChI=1S/C19H22ClN3O4S/c1-4-14-5-7-15(8-6-14)12-21-22-19(24)13-23(2)28(25,26)16-9-10-18(27-3)17(20)11-16/h5-12H,4,13H2,1-3H3,(H,22,24)/b21-12+. The monoisotopic (exact) mass is 423 g/mol. The lowest BCUT2D eigenvalue weighted by Crippen LogP contribution is -2.36. The molecule has 0 saturated heterocycles. The van der Waals surface area contributed by atoms with E-state index in [1.54, 1.807) is 0 Å². The van der Waals surface area contributed by atoms with Crippen molar-refractivity contribution in [2.75, 3.05) is 20.7 Å². The van der Waals surface area contributed by atoms with Crippen molar-refractivity contribution in [1.29, 1.82) is 0 Å². The van der Waals surface area contributed by atoms with Crippen LogP contribution >= 0.6 is 11.6 Å². The van der Waals surface area contributed by atoms with Crippen LogP contribution in [-0.4, -0.2) is 45.5 Å². The summed E-state index contributed by atoms with van der Waals surface area (Å²) in [5.74, 6) is -0.200. The molecule has 0 bridgehead atoms. The van der Waals surface area contributed by atoms with Crippen LogP contribution in [0.5, 0.6) is 5.75 Å². The van der Waals surface area contributed by atoms with Gasteiger partial charge in [-0.3, -0.25) is 4.79 Å². The number of hydrogen-bond donors (Lipinski definition) is 1. The molecule has 1 N–H and O–H groups in total. The number of nitrogens with zero attached hydrogens (tertiary/aromatic N) is 2. The highest BCUT2D eigenvalue weighted by molar-refractivity contribution is 7.89. The first kappa shape index (κ1) is 21.9. The number of hydrazone groups is 1. The molecule has 0 aliphatic carbocycles. The van der Waals surface area contributed by atoms with Gasteiger partial charge in [-0.25, -0.2) is 13.8 Å². The van der Waals surface area contributed by atoms with Crippen LogP contribution in [0.1, 0.15) is 18.1 Å². The fourth-order valence-corrected chi connectivity index (χ4v) is 3.80. The molecule has 2 rings (SSSR count). The zero-order chi connectivity index (χ0) is 20.7. The third-order valence-corrected chi connectivity index (χ3v) is 6.08. The Hall–Kier alpha value is -2.42. The van der Waals surface area contributed by atoms with Gasteiger partial charge >= 0.3 is 0 Å². The van der Waals surface area contributed by atoms with Gasteiger partial charge in [0.05, 0.1) is 29.8 Å². The second-order valence-electron chi connectivity index (χ2n) is 5.95. The number of likely N-dealkylation sites (N-methyl/N-ethyl adjacent to an activating group) is 1. The smallest absolute Gasteiger partial charge is 0.255 e. The molecule has 0 unspecified atom stereocenters. The van der Waals surface area contributed by atoms with E-state index in [4.69, 9.17) is 16.3 Å². The molecule has 28 heavy (non-hydrogen) atoms. The molecular weight excluding hydrogens is 402 g/mol.